The maximum Gasteiger partial charge on any atom is 0.337 e. The van der Waals surface area contributed by atoms with E-state index >= 15 is 0 Å². The summed E-state index contributed by atoms with van der Waals surface area (Å²) in [5.74, 6) is -0.0394. The molecule has 0 heterocycles. The van der Waals surface area contributed by atoms with Crippen LogP contribution in [0.4, 0.5) is 5.69 Å². The third kappa shape index (κ3) is 3.00. The summed E-state index contributed by atoms with van der Waals surface area (Å²) in [6.45, 7) is 0. The highest BCUT2D eigenvalue weighted by Gasteiger charge is 2.17. The Balaban J connectivity index is 2.46. The number of nitrogens with zero attached hydrogens (tertiary/aromatic N) is 1. The van der Waals surface area contributed by atoms with Crippen molar-refractivity contribution in [2.24, 2.45) is 0 Å². The Hall–Kier alpha value is -2.89. The predicted octanol–water partition coefficient (Wildman–Crippen LogP) is 3.06. The molecule has 0 atom stereocenters. The largest absolute Gasteiger partial charge is 0.497 e. The number of methoxy groups -OCH3 is 2. The molecule has 0 unspecified atom stereocenters. The lowest BCUT2D eigenvalue weighted by atomic mass is 10.0. The maximum absolute atomic E-state index is 11.4. The van der Waals surface area contributed by atoms with Gasteiger partial charge in [-0.3, -0.25) is 10.1 Å². The average Bonchev–Trinajstić information content (AvgIpc) is 2.53. The molecule has 0 bridgehead atoms. The second-order valence-corrected chi connectivity index (χ2v) is 4.21. The van der Waals surface area contributed by atoms with Gasteiger partial charge in [-0.25, -0.2) is 4.79 Å². The van der Waals surface area contributed by atoms with Gasteiger partial charge in [-0.1, -0.05) is 12.1 Å². The van der Waals surface area contributed by atoms with Gasteiger partial charge in [0.25, 0.3) is 5.69 Å². The number of rotatable bonds is 4. The van der Waals surface area contributed by atoms with E-state index in [1.807, 2.05) is 0 Å². The third-order valence-electron chi connectivity index (χ3n) is 3.02. The minimum absolute atomic E-state index is 0.0554. The van der Waals surface area contributed by atoms with Crippen molar-refractivity contribution < 1.29 is 19.2 Å². The van der Waals surface area contributed by atoms with Crippen molar-refractivity contribution in [2.75, 3.05) is 14.2 Å². The van der Waals surface area contributed by atoms with Crippen LogP contribution in [-0.2, 0) is 4.74 Å². The van der Waals surface area contributed by atoms with Crippen LogP contribution in [0.1, 0.15) is 10.4 Å². The van der Waals surface area contributed by atoms with Gasteiger partial charge in [0.2, 0.25) is 0 Å². The van der Waals surface area contributed by atoms with Crippen LogP contribution in [0.2, 0.25) is 0 Å². The molecule has 6 heteroatoms. The van der Waals surface area contributed by atoms with Crippen molar-refractivity contribution in [3.8, 4) is 16.9 Å². The van der Waals surface area contributed by atoms with E-state index in [1.54, 1.807) is 36.4 Å². The molecule has 2 aromatic carbocycles. The first-order valence-corrected chi connectivity index (χ1v) is 6.08. The van der Waals surface area contributed by atoms with E-state index in [0.29, 0.717) is 22.4 Å². The van der Waals surface area contributed by atoms with Crippen LogP contribution in [0, 0.1) is 10.1 Å². The van der Waals surface area contributed by atoms with Crippen LogP contribution in [-0.4, -0.2) is 25.1 Å². The van der Waals surface area contributed by atoms with E-state index in [4.69, 9.17) is 4.74 Å². The number of carbonyl (C=O) groups is 1. The standard InChI is InChI=1S/C15H13NO5/c1-20-12-7-8-13(14(9-12)16(18)19)10-3-5-11(6-4-10)15(17)21-2/h3-9H,1-2H3. The smallest absolute Gasteiger partial charge is 0.337 e. The molecule has 0 amide bonds. The highest BCUT2D eigenvalue weighted by molar-refractivity contribution is 5.90. The Morgan fingerprint density at radius 3 is 2.29 bits per heavy atom. The maximum atomic E-state index is 11.4. The molecule has 2 aromatic rings. The van der Waals surface area contributed by atoms with Gasteiger partial charge in [0, 0.05) is 0 Å². The van der Waals surface area contributed by atoms with Crippen LogP contribution < -0.4 is 4.74 Å². The normalized spacial score (nSPS) is 10.0. The van der Waals surface area contributed by atoms with Crippen molar-refractivity contribution >= 4 is 11.7 Å². The van der Waals surface area contributed by atoms with Crippen LogP contribution >= 0.6 is 0 Å². The molecule has 0 aliphatic rings. The van der Waals surface area contributed by atoms with Gasteiger partial charge in [0.15, 0.2) is 0 Å². The first kappa shape index (κ1) is 14.5. The SMILES string of the molecule is COC(=O)c1ccc(-c2ccc(OC)cc2[N+](=O)[O-])cc1. The summed E-state index contributed by atoms with van der Waals surface area (Å²) >= 11 is 0. The molecule has 6 nitrogen and oxygen atoms in total. The molecule has 2 rings (SSSR count). The second kappa shape index (κ2) is 6.04. The van der Waals surface area contributed by atoms with E-state index < -0.39 is 10.9 Å². The van der Waals surface area contributed by atoms with Crippen molar-refractivity contribution in [3.05, 3.63) is 58.1 Å². The molecule has 108 valence electrons. The van der Waals surface area contributed by atoms with Gasteiger partial charge >= 0.3 is 5.97 Å². The zero-order valence-corrected chi connectivity index (χ0v) is 11.5. The van der Waals surface area contributed by atoms with Gasteiger partial charge in [0.05, 0.1) is 36.3 Å². The Labute approximate surface area is 121 Å². The quantitative estimate of drug-likeness (QED) is 0.490. The van der Waals surface area contributed by atoms with Gasteiger partial charge in [-0.15, -0.1) is 0 Å². The number of esters is 1. The molecule has 0 aliphatic heterocycles. The molecule has 0 N–H and O–H groups in total. The number of ether oxygens (including phenoxy) is 2. The number of nitro groups is 1. The first-order valence-electron chi connectivity index (χ1n) is 6.08. The monoisotopic (exact) mass is 287 g/mol. The molecule has 0 spiro atoms. The van der Waals surface area contributed by atoms with E-state index in [-0.39, 0.29) is 5.69 Å². The zero-order valence-electron chi connectivity index (χ0n) is 11.5. The van der Waals surface area contributed by atoms with E-state index in [9.17, 15) is 14.9 Å². The summed E-state index contributed by atoms with van der Waals surface area (Å²) in [5.41, 5.74) is 1.42. The van der Waals surface area contributed by atoms with Crippen LogP contribution in [0.3, 0.4) is 0 Å². The highest BCUT2D eigenvalue weighted by Crippen LogP contribution is 2.33. The van der Waals surface area contributed by atoms with Crippen molar-refractivity contribution in [1.82, 2.24) is 0 Å². The second-order valence-electron chi connectivity index (χ2n) is 4.21. The lowest BCUT2D eigenvalue weighted by Gasteiger charge is -2.06. The van der Waals surface area contributed by atoms with Crippen molar-refractivity contribution in [1.29, 1.82) is 0 Å². The summed E-state index contributed by atoms with van der Waals surface area (Å²) in [6.07, 6.45) is 0. The number of hydrogen-bond donors (Lipinski definition) is 0. The van der Waals surface area contributed by atoms with Gasteiger partial charge in [-0.05, 0) is 29.8 Å². The number of carbonyl (C=O) groups excluding carboxylic acids is 1. The molecule has 0 aliphatic carbocycles. The summed E-state index contributed by atoms with van der Waals surface area (Å²) in [7, 11) is 2.74. The molecule has 21 heavy (non-hydrogen) atoms. The molecular formula is C15H13NO5. The summed E-state index contributed by atoms with van der Waals surface area (Å²) in [5, 5.41) is 11.2. The lowest BCUT2D eigenvalue weighted by Crippen LogP contribution is -2.00. The Morgan fingerprint density at radius 2 is 1.76 bits per heavy atom. The Kier molecular flexibility index (Phi) is 4.18. The zero-order chi connectivity index (χ0) is 15.4. The van der Waals surface area contributed by atoms with Crippen molar-refractivity contribution in [2.45, 2.75) is 0 Å². The molecule has 0 fully saturated rings. The topological polar surface area (TPSA) is 78.7 Å². The molecule has 0 saturated carbocycles. The third-order valence-corrected chi connectivity index (χ3v) is 3.02. The highest BCUT2D eigenvalue weighted by atomic mass is 16.6. The van der Waals surface area contributed by atoms with Gasteiger partial charge in [-0.2, -0.15) is 0 Å². The summed E-state index contributed by atoms with van der Waals surface area (Å²) in [4.78, 5) is 22.1. The lowest BCUT2D eigenvalue weighted by molar-refractivity contribution is -0.384. The van der Waals surface area contributed by atoms with Gasteiger partial charge in [0.1, 0.15) is 5.75 Å². The fourth-order valence-corrected chi connectivity index (χ4v) is 1.94. The van der Waals surface area contributed by atoms with E-state index in [1.165, 1.54) is 20.3 Å². The molecule has 0 aromatic heterocycles. The van der Waals surface area contributed by atoms with Crippen LogP contribution in [0.15, 0.2) is 42.5 Å². The fourth-order valence-electron chi connectivity index (χ4n) is 1.94. The first-order chi connectivity index (χ1) is 10.1. The molecule has 0 radical (unpaired) electrons. The minimum Gasteiger partial charge on any atom is -0.497 e. The van der Waals surface area contributed by atoms with Crippen LogP contribution in [0.25, 0.3) is 11.1 Å². The summed E-state index contributed by atoms with van der Waals surface area (Å²) in [6, 6.07) is 11.0. The van der Waals surface area contributed by atoms with Gasteiger partial charge < -0.3 is 9.47 Å². The van der Waals surface area contributed by atoms with Crippen LogP contribution in [0.5, 0.6) is 5.75 Å². The summed E-state index contributed by atoms with van der Waals surface area (Å²) < 4.78 is 9.61. The predicted molar refractivity (Wildman–Crippen MR) is 76.4 cm³/mol. The Morgan fingerprint density at radius 1 is 1.10 bits per heavy atom. The number of nitro benzene ring substituents is 1. The number of hydrogen-bond acceptors (Lipinski definition) is 5. The number of benzene rings is 2. The minimum atomic E-state index is -0.466. The molecular weight excluding hydrogens is 274 g/mol. The van der Waals surface area contributed by atoms with E-state index in [0.717, 1.165) is 0 Å². The van der Waals surface area contributed by atoms with Crippen molar-refractivity contribution in [3.63, 3.8) is 0 Å². The Bertz CT molecular complexity index is 679. The fraction of sp³-hybridized carbons (Fsp3) is 0.133. The average molecular weight is 287 g/mol. The van der Waals surface area contributed by atoms with E-state index in [2.05, 4.69) is 4.74 Å². The molecule has 0 saturated heterocycles.